The van der Waals surface area contributed by atoms with E-state index in [1.165, 1.54) is 4.90 Å². The molecule has 5 rings (SSSR count). The zero-order valence-electron chi connectivity index (χ0n) is 23.4. The van der Waals surface area contributed by atoms with Gasteiger partial charge in [-0.1, -0.05) is 30.3 Å². The Morgan fingerprint density at radius 2 is 1.64 bits per heavy atom. The van der Waals surface area contributed by atoms with Gasteiger partial charge in [0, 0.05) is 50.0 Å². The predicted octanol–water partition coefficient (Wildman–Crippen LogP) is 5.12. The van der Waals surface area contributed by atoms with E-state index in [2.05, 4.69) is 10.2 Å². The molecule has 39 heavy (non-hydrogen) atoms. The van der Waals surface area contributed by atoms with Crippen molar-refractivity contribution >= 4 is 17.8 Å². The number of carbonyl (C=O) groups excluding carboxylic acids is 3. The molecule has 1 saturated carbocycles. The monoisotopic (exact) mass is 544 g/mol. The molecular formula is C30H42F2N4O3. The van der Waals surface area contributed by atoms with Crippen LogP contribution in [0, 0.1) is 5.92 Å². The summed E-state index contributed by atoms with van der Waals surface area (Å²) in [6.07, 6.45) is 3.92. The Bertz CT molecular complexity index is 1060. The third kappa shape index (κ3) is 5.19. The fourth-order valence-corrected chi connectivity index (χ4v) is 7.68. The highest BCUT2D eigenvalue weighted by atomic mass is 19.3. The second-order valence-electron chi connectivity index (χ2n) is 12.2. The van der Waals surface area contributed by atoms with Gasteiger partial charge in [0.2, 0.25) is 11.8 Å². The standard InChI is InChI=1S/C30H42F2N4O3/c1-4-34-27(38)29(36(20(2)3)28(34)39)18-23-10-11-24(19-29)35(23)17-14-25(21-8-6-5-7-9-21)33-26(37)22-12-15-30(31,32)16-13-22/h5-9,20,22-25H,4,10-19H2,1-3H3,(H,33,37)/t23?,24?,25-,29?/m0/s1. The van der Waals surface area contributed by atoms with E-state index in [0.717, 1.165) is 24.9 Å². The third-order valence-corrected chi connectivity index (χ3v) is 9.57. The molecule has 1 N–H and O–H groups in total. The van der Waals surface area contributed by atoms with Crippen molar-refractivity contribution in [3.63, 3.8) is 0 Å². The van der Waals surface area contributed by atoms with Crippen LogP contribution < -0.4 is 5.32 Å². The number of nitrogens with one attached hydrogen (secondary N) is 1. The summed E-state index contributed by atoms with van der Waals surface area (Å²) in [6, 6.07) is 9.81. The van der Waals surface area contributed by atoms with Gasteiger partial charge in [0.15, 0.2) is 0 Å². The van der Waals surface area contributed by atoms with Gasteiger partial charge in [-0.3, -0.25) is 19.4 Å². The summed E-state index contributed by atoms with van der Waals surface area (Å²) in [5.74, 6) is -3.23. The van der Waals surface area contributed by atoms with Crippen LogP contribution in [0.25, 0.3) is 0 Å². The van der Waals surface area contributed by atoms with Crippen LogP contribution in [0.4, 0.5) is 13.6 Å². The number of piperidine rings is 1. The largest absolute Gasteiger partial charge is 0.349 e. The molecule has 1 aromatic rings. The first-order valence-electron chi connectivity index (χ1n) is 14.7. The zero-order chi connectivity index (χ0) is 27.9. The maximum atomic E-state index is 13.7. The van der Waals surface area contributed by atoms with Gasteiger partial charge in [0.25, 0.3) is 5.91 Å². The Morgan fingerprint density at radius 1 is 1.03 bits per heavy atom. The number of amides is 4. The van der Waals surface area contributed by atoms with Gasteiger partial charge in [-0.2, -0.15) is 0 Å². The van der Waals surface area contributed by atoms with E-state index in [-0.39, 0.29) is 73.6 Å². The summed E-state index contributed by atoms with van der Waals surface area (Å²) in [5, 5.41) is 3.19. The van der Waals surface area contributed by atoms with E-state index in [1.807, 2.05) is 56.0 Å². The maximum absolute atomic E-state index is 13.7. The lowest BCUT2D eigenvalue weighted by Crippen LogP contribution is -2.61. The van der Waals surface area contributed by atoms with Gasteiger partial charge >= 0.3 is 6.03 Å². The number of rotatable bonds is 8. The minimum Gasteiger partial charge on any atom is -0.349 e. The van der Waals surface area contributed by atoms with Crippen LogP contribution in [0.3, 0.4) is 0 Å². The van der Waals surface area contributed by atoms with Gasteiger partial charge in [-0.25, -0.2) is 13.6 Å². The van der Waals surface area contributed by atoms with Crippen molar-refractivity contribution in [2.75, 3.05) is 13.1 Å². The summed E-state index contributed by atoms with van der Waals surface area (Å²) in [5.41, 5.74) is 0.244. The Morgan fingerprint density at radius 3 is 2.21 bits per heavy atom. The minimum absolute atomic E-state index is 0.0484. The molecule has 1 aliphatic carbocycles. The number of hydrogen-bond donors (Lipinski definition) is 1. The van der Waals surface area contributed by atoms with Gasteiger partial charge < -0.3 is 10.2 Å². The highest BCUT2D eigenvalue weighted by Crippen LogP contribution is 2.48. The normalized spacial score (nSPS) is 30.0. The van der Waals surface area contributed by atoms with Crippen LogP contribution >= 0.6 is 0 Å². The van der Waals surface area contributed by atoms with Crippen molar-refractivity contribution in [1.82, 2.24) is 20.0 Å². The number of urea groups is 1. The van der Waals surface area contributed by atoms with Crippen molar-refractivity contribution in [3.8, 4) is 0 Å². The summed E-state index contributed by atoms with van der Waals surface area (Å²) >= 11 is 0. The molecule has 214 valence electrons. The average Bonchev–Trinajstić information content (AvgIpc) is 3.26. The molecule has 1 aromatic carbocycles. The third-order valence-electron chi connectivity index (χ3n) is 9.57. The number of fused-ring (bicyclic) bond motifs is 2. The number of carbonyl (C=O) groups is 3. The van der Waals surface area contributed by atoms with Gasteiger partial charge in [-0.05, 0) is 71.3 Å². The van der Waals surface area contributed by atoms with Crippen LogP contribution in [0.15, 0.2) is 30.3 Å². The fraction of sp³-hybridized carbons (Fsp3) is 0.700. The van der Waals surface area contributed by atoms with E-state index >= 15 is 0 Å². The van der Waals surface area contributed by atoms with E-state index in [1.54, 1.807) is 0 Å². The molecule has 3 heterocycles. The number of hydrogen-bond acceptors (Lipinski definition) is 4. The smallest absolute Gasteiger partial charge is 0.327 e. The van der Waals surface area contributed by atoms with Crippen molar-refractivity contribution in [2.45, 2.75) is 114 Å². The summed E-state index contributed by atoms with van der Waals surface area (Å²) in [6.45, 7) is 6.98. The van der Waals surface area contributed by atoms with Crippen LogP contribution in [0.2, 0.25) is 0 Å². The molecule has 4 aliphatic rings. The van der Waals surface area contributed by atoms with E-state index < -0.39 is 11.5 Å². The predicted molar refractivity (Wildman–Crippen MR) is 144 cm³/mol. The van der Waals surface area contributed by atoms with E-state index in [9.17, 15) is 23.2 Å². The Balaban J connectivity index is 1.28. The van der Waals surface area contributed by atoms with Crippen molar-refractivity contribution < 1.29 is 23.2 Å². The Hall–Kier alpha value is -2.55. The number of nitrogens with zero attached hydrogens (tertiary/aromatic N) is 3. The van der Waals surface area contributed by atoms with Gasteiger partial charge in [-0.15, -0.1) is 0 Å². The SMILES string of the molecule is CCN1C(=O)N(C(C)C)C2(CC3CCC(C2)N3CC[C@H](NC(=O)C2CCC(F)(F)CC2)c2ccccc2)C1=O. The Kier molecular flexibility index (Phi) is 7.74. The first-order chi connectivity index (χ1) is 18.6. The molecule has 2 bridgehead atoms. The van der Waals surface area contributed by atoms with Gasteiger partial charge in [0.1, 0.15) is 5.54 Å². The van der Waals surface area contributed by atoms with E-state index in [0.29, 0.717) is 25.8 Å². The molecule has 0 aromatic heterocycles. The second kappa shape index (κ2) is 10.8. The lowest BCUT2D eigenvalue weighted by molar-refractivity contribution is -0.138. The van der Waals surface area contributed by atoms with Gasteiger partial charge in [0.05, 0.1) is 6.04 Å². The van der Waals surface area contributed by atoms with E-state index in [4.69, 9.17) is 0 Å². The first-order valence-corrected chi connectivity index (χ1v) is 14.7. The van der Waals surface area contributed by atoms with Crippen molar-refractivity contribution in [1.29, 1.82) is 0 Å². The molecule has 3 aliphatic heterocycles. The minimum atomic E-state index is -2.66. The molecule has 0 radical (unpaired) electrons. The van der Waals surface area contributed by atoms with Crippen LogP contribution in [0.1, 0.15) is 90.2 Å². The molecule has 7 nitrogen and oxygen atoms in total. The quantitative estimate of drug-likeness (QED) is 0.462. The molecule has 2 unspecified atom stereocenters. The molecule has 3 saturated heterocycles. The molecule has 9 heteroatoms. The number of alkyl halides is 2. The lowest BCUT2D eigenvalue weighted by Gasteiger charge is -2.48. The number of benzene rings is 1. The number of halogens is 2. The van der Waals surface area contributed by atoms with Crippen LogP contribution in [-0.2, 0) is 9.59 Å². The summed E-state index contributed by atoms with van der Waals surface area (Å²) < 4.78 is 27.3. The summed E-state index contributed by atoms with van der Waals surface area (Å²) in [7, 11) is 0. The molecule has 4 fully saturated rings. The van der Waals surface area contributed by atoms with Crippen LogP contribution in [-0.4, -0.2) is 75.2 Å². The topological polar surface area (TPSA) is 73.0 Å². The van der Waals surface area contributed by atoms with Crippen molar-refractivity contribution in [2.24, 2.45) is 5.92 Å². The highest BCUT2D eigenvalue weighted by molar-refractivity contribution is 6.07. The lowest BCUT2D eigenvalue weighted by atomic mass is 9.80. The Labute approximate surface area is 230 Å². The van der Waals surface area contributed by atoms with Crippen molar-refractivity contribution in [3.05, 3.63) is 35.9 Å². The highest BCUT2D eigenvalue weighted by Gasteiger charge is 2.63. The molecule has 1 spiro atoms. The fourth-order valence-electron chi connectivity index (χ4n) is 7.68. The number of imide groups is 1. The maximum Gasteiger partial charge on any atom is 0.327 e. The molecule has 4 amide bonds. The summed E-state index contributed by atoms with van der Waals surface area (Å²) in [4.78, 5) is 45.6. The first kappa shape index (κ1) is 28.0. The average molecular weight is 545 g/mol. The zero-order valence-corrected chi connectivity index (χ0v) is 23.4. The molecular weight excluding hydrogens is 502 g/mol. The molecule has 3 atom stereocenters. The van der Waals surface area contributed by atoms with Crippen LogP contribution in [0.5, 0.6) is 0 Å². The number of likely N-dealkylation sites (N-methyl/N-ethyl adjacent to an activating group) is 1. The second-order valence-corrected chi connectivity index (χ2v) is 12.2.